The molecule has 0 saturated carbocycles. The van der Waals surface area contributed by atoms with Crippen LogP contribution in [0.1, 0.15) is 18.1 Å². The van der Waals surface area contributed by atoms with E-state index in [1.54, 1.807) is 12.3 Å². The minimum Gasteiger partial charge on any atom is -0.490 e. The Hall–Kier alpha value is -1.46. The van der Waals surface area contributed by atoms with Gasteiger partial charge in [-0.25, -0.2) is 4.98 Å². The van der Waals surface area contributed by atoms with Gasteiger partial charge in [0.15, 0.2) is 11.5 Å². The van der Waals surface area contributed by atoms with Crippen LogP contribution in [0.2, 0.25) is 5.15 Å². The van der Waals surface area contributed by atoms with Crippen molar-refractivity contribution in [2.75, 3.05) is 13.2 Å². The van der Waals surface area contributed by atoms with Gasteiger partial charge in [0.25, 0.3) is 0 Å². The standard InChI is InChI=1S/C18H21ClN2O2.2ClH/c1-3-9-20-11-14-5-7-16(17(10-14)22-4-2)23-13-15-6-8-18(19)21-12-15;;/h3,5-8,10,12,20H,1,4,9,11,13H2,2H3;2*1H. The first-order chi connectivity index (χ1) is 11.2. The van der Waals surface area contributed by atoms with Crippen LogP contribution in [-0.2, 0) is 13.2 Å². The Morgan fingerprint density at radius 2 is 1.88 bits per heavy atom. The smallest absolute Gasteiger partial charge is 0.161 e. The maximum Gasteiger partial charge on any atom is 0.161 e. The van der Waals surface area contributed by atoms with Crippen molar-refractivity contribution in [3.8, 4) is 11.5 Å². The third-order valence-electron chi connectivity index (χ3n) is 3.11. The van der Waals surface area contributed by atoms with E-state index in [0.29, 0.717) is 24.1 Å². The topological polar surface area (TPSA) is 43.4 Å². The molecule has 25 heavy (non-hydrogen) atoms. The highest BCUT2D eigenvalue weighted by atomic mass is 35.5. The Balaban J connectivity index is 0.00000288. The quantitative estimate of drug-likeness (QED) is 0.368. The molecule has 0 bridgehead atoms. The molecule has 0 amide bonds. The average Bonchev–Trinajstić information content (AvgIpc) is 2.56. The van der Waals surface area contributed by atoms with Gasteiger partial charge in [-0.2, -0.15) is 0 Å². The molecule has 2 aromatic rings. The highest BCUT2D eigenvalue weighted by Gasteiger charge is 2.07. The maximum absolute atomic E-state index is 5.85. The summed E-state index contributed by atoms with van der Waals surface area (Å²) in [6, 6.07) is 9.59. The van der Waals surface area contributed by atoms with Crippen molar-refractivity contribution in [3.05, 3.63) is 65.5 Å². The second-order valence-corrected chi connectivity index (χ2v) is 5.30. The van der Waals surface area contributed by atoms with Gasteiger partial charge in [-0.3, -0.25) is 0 Å². The summed E-state index contributed by atoms with van der Waals surface area (Å²) in [7, 11) is 0. The number of hydrogen-bond acceptors (Lipinski definition) is 4. The molecule has 0 aliphatic carbocycles. The lowest BCUT2D eigenvalue weighted by Gasteiger charge is -2.13. The van der Waals surface area contributed by atoms with Crippen LogP contribution < -0.4 is 14.8 Å². The Labute approximate surface area is 166 Å². The second kappa shape index (κ2) is 12.8. The monoisotopic (exact) mass is 404 g/mol. The number of rotatable bonds is 9. The van der Waals surface area contributed by atoms with Crippen molar-refractivity contribution in [2.24, 2.45) is 0 Å². The number of halogens is 3. The predicted octanol–water partition coefficient (Wildman–Crippen LogP) is 4.83. The fourth-order valence-electron chi connectivity index (χ4n) is 2.02. The number of aromatic nitrogens is 1. The number of pyridine rings is 1. The lowest BCUT2D eigenvalue weighted by atomic mass is 10.2. The zero-order valence-corrected chi connectivity index (χ0v) is 16.4. The van der Waals surface area contributed by atoms with Crippen LogP contribution in [0.5, 0.6) is 11.5 Å². The molecule has 1 aromatic heterocycles. The molecule has 1 N–H and O–H groups in total. The van der Waals surface area contributed by atoms with Crippen molar-refractivity contribution >= 4 is 36.4 Å². The molecule has 0 fully saturated rings. The fourth-order valence-corrected chi connectivity index (χ4v) is 2.13. The van der Waals surface area contributed by atoms with Crippen molar-refractivity contribution < 1.29 is 9.47 Å². The van der Waals surface area contributed by atoms with Crippen molar-refractivity contribution in [2.45, 2.75) is 20.1 Å². The number of nitrogens with zero attached hydrogens (tertiary/aromatic N) is 1. The van der Waals surface area contributed by atoms with Crippen LogP contribution in [0.15, 0.2) is 49.2 Å². The van der Waals surface area contributed by atoms with Crippen molar-refractivity contribution in [1.29, 1.82) is 0 Å². The molecule has 0 saturated heterocycles. The molecule has 0 atom stereocenters. The van der Waals surface area contributed by atoms with Crippen LogP contribution in [0.25, 0.3) is 0 Å². The van der Waals surface area contributed by atoms with Gasteiger partial charge in [0.2, 0.25) is 0 Å². The van der Waals surface area contributed by atoms with Crippen LogP contribution in [0.4, 0.5) is 0 Å². The van der Waals surface area contributed by atoms with Gasteiger partial charge in [0.05, 0.1) is 6.61 Å². The molecule has 138 valence electrons. The van der Waals surface area contributed by atoms with Crippen molar-refractivity contribution in [1.82, 2.24) is 10.3 Å². The summed E-state index contributed by atoms with van der Waals surface area (Å²) in [5, 5.41) is 3.74. The van der Waals surface area contributed by atoms with E-state index in [1.807, 2.05) is 37.3 Å². The molecule has 0 unspecified atom stereocenters. The predicted molar refractivity (Wildman–Crippen MR) is 108 cm³/mol. The summed E-state index contributed by atoms with van der Waals surface area (Å²) in [5.74, 6) is 1.46. The van der Waals surface area contributed by atoms with Gasteiger partial charge in [0, 0.05) is 24.8 Å². The maximum atomic E-state index is 5.85. The second-order valence-electron chi connectivity index (χ2n) is 4.91. The number of hydrogen-bond donors (Lipinski definition) is 1. The Morgan fingerprint density at radius 3 is 2.52 bits per heavy atom. The van der Waals surface area contributed by atoms with Crippen LogP contribution >= 0.6 is 36.4 Å². The van der Waals surface area contributed by atoms with Gasteiger partial charge < -0.3 is 14.8 Å². The third-order valence-corrected chi connectivity index (χ3v) is 3.33. The molecular weight excluding hydrogens is 383 g/mol. The minimum absolute atomic E-state index is 0. The van der Waals surface area contributed by atoms with E-state index in [-0.39, 0.29) is 24.8 Å². The molecule has 0 spiro atoms. The van der Waals surface area contributed by atoms with Crippen LogP contribution in [0.3, 0.4) is 0 Å². The molecule has 4 nitrogen and oxygen atoms in total. The highest BCUT2D eigenvalue weighted by molar-refractivity contribution is 6.29. The lowest BCUT2D eigenvalue weighted by Crippen LogP contribution is -2.12. The first-order valence-corrected chi connectivity index (χ1v) is 7.91. The van der Waals surface area contributed by atoms with Gasteiger partial charge in [-0.1, -0.05) is 29.8 Å². The Kier molecular flexibility index (Phi) is 12.1. The van der Waals surface area contributed by atoms with E-state index < -0.39 is 0 Å². The van der Waals surface area contributed by atoms with E-state index in [9.17, 15) is 0 Å². The van der Waals surface area contributed by atoms with E-state index in [0.717, 1.165) is 30.0 Å². The molecule has 2 rings (SSSR count). The zero-order valence-electron chi connectivity index (χ0n) is 14.0. The Morgan fingerprint density at radius 1 is 1.12 bits per heavy atom. The Bertz CT molecular complexity index is 637. The van der Waals surface area contributed by atoms with Gasteiger partial charge in [0.1, 0.15) is 11.8 Å². The van der Waals surface area contributed by atoms with Gasteiger partial charge >= 0.3 is 0 Å². The average molecular weight is 406 g/mol. The molecule has 0 aliphatic heterocycles. The normalized spacial score (nSPS) is 9.52. The lowest BCUT2D eigenvalue weighted by molar-refractivity contribution is 0.269. The van der Waals surface area contributed by atoms with E-state index in [2.05, 4.69) is 16.9 Å². The van der Waals surface area contributed by atoms with Gasteiger partial charge in [-0.15, -0.1) is 31.4 Å². The summed E-state index contributed by atoms with van der Waals surface area (Å²) in [4.78, 5) is 4.04. The van der Waals surface area contributed by atoms with Crippen LogP contribution in [0, 0.1) is 0 Å². The summed E-state index contributed by atoms with van der Waals surface area (Å²) < 4.78 is 11.5. The molecule has 0 radical (unpaired) electrons. The molecular formula is C18H23Cl3N2O2. The van der Waals surface area contributed by atoms with Crippen LogP contribution in [-0.4, -0.2) is 18.1 Å². The summed E-state index contributed by atoms with van der Waals surface area (Å²) in [6.45, 7) is 8.17. The number of benzene rings is 1. The first-order valence-electron chi connectivity index (χ1n) is 7.53. The summed E-state index contributed by atoms with van der Waals surface area (Å²) >= 11 is 5.78. The number of nitrogens with one attached hydrogen (secondary N) is 1. The highest BCUT2D eigenvalue weighted by Crippen LogP contribution is 2.29. The molecule has 0 aliphatic rings. The SMILES string of the molecule is C=CCNCc1ccc(OCc2ccc(Cl)nc2)c(OCC)c1.Cl.Cl. The zero-order chi connectivity index (χ0) is 16.5. The summed E-state index contributed by atoms with van der Waals surface area (Å²) in [6.07, 6.45) is 3.54. The first kappa shape index (κ1) is 23.5. The van der Waals surface area contributed by atoms with E-state index >= 15 is 0 Å². The summed E-state index contributed by atoms with van der Waals surface area (Å²) in [5.41, 5.74) is 2.09. The molecule has 1 heterocycles. The van der Waals surface area contributed by atoms with E-state index in [1.165, 1.54) is 0 Å². The van der Waals surface area contributed by atoms with Crippen molar-refractivity contribution in [3.63, 3.8) is 0 Å². The minimum atomic E-state index is 0. The largest absolute Gasteiger partial charge is 0.490 e. The number of ether oxygens (including phenoxy) is 2. The van der Waals surface area contributed by atoms with E-state index in [4.69, 9.17) is 21.1 Å². The molecule has 1 aromatic carbocycles. The fraction of sp³-hybridized carbons (Fsp3) is 0.278. The molecule has 7 heteroatoms. The van der Waals surface area contributed by atoms with Gasteiger partial charge in [-0.05, 0) is 30.7 Å². The third kappa shape index (κ3) is 7.97.